The molecule has 12 nitrogen and oxygen atoms in total. The number of aliphatic hydroxyl groups is 1. The van der Waals surface area contributed by atoms with Crippen LogP contribution in [0.3, 0.4) is 0 Å². The monoisotopic (exact) mass is 457 g/mol. The number of amides is 3. The Kier molecular flexibility index (Phi) is 10.0. The van der Waals surface area contributed by atoms with Crippen LogP contribution in [-0.4, -0.2) is 56.2 Å². The zero-order valence-corrected chi connectivity index (χ0v) is 18.0. The van der Waals surface area contributed by atoms with Crippen LogP contribution >= 0.6 is 0 Å². The summed E-state index contributed by atoms with van der Waals surface area (Å²) in [6, 6.07) is 3.28. The lowest BCUT2D eigenvalue weighted by Crippen LogP contribution is -2.54. The molecule has 3 amide bonds. The van der Waals surface area contributed by atoms with Crippen LogP contribution in [0.5, 0.6) is 0 Å². The van der Waals surface area contributed by atoms with Gasteiger partial charge in [-0.2, -0.15) is 0 Å². The standard InChI is InChI=1S/C18H27N5O7S/c1-11(2)7-14(17(19)26)23-18(27)15(9-24)22-16(25)8-21-30-10-12-3-5-13(6-4-12)31(20,28)29/h3-6,8,11,14-15,24H,7,9-10H2,1-2H3,(H2,19,26)(H,22,25)(H,23,27)(H2,20,28,29)/b21-8+/t14-,15-/m0/s1. The number of carbonyl (C=O) groups excluding carboxylic acids is 3. The molecule has 0 saturated carbocycles. The van der Waals surface area contributed by atoms with Crippen LogP contribution in [0, 0.1) is 5.92 Å². The molecule has 0 aliphatic heterocycles. The molecule has 0 fully saturated rings. The van der Waals surface area contributed by atoms with Gasteiger partial charge < -0.3 is 26.3 Å². The van der Waals surface area contributed by atoms with Crippen LogP contribution in [-0.2, 0) is 35.9 Å². The van der Waals surface area contributed by atoms with Crippen molar-refractivity contribution in [3.8, 4) is 0 Å². The highest BCUT2D eigenvalue weighted by Crippen LogP contribution is 2.09. The number of oxime groups is 1. The topological polar surface area (TPSA) is 203 Å². The van der Waals surface area contributed by atoms with E-state index in [1.807, 2.05) is 13.8 Å². The van der Waals surface area contributed by atoms with Gasteiger partial charge in [0.1, 0.15) is 24.9 Å². The minimum absolute atomic E-state index is 0.0561. The Hall–Kier alpha value is -3.03. The molecule has 0 unspecified atom stereocenters. The van der Waals surface area contributed by atoms with Crippen molar-refractivity contribution in [2.24, 2.45) is 21.9 Å². The van der Waals surface area contributed by atoms with E-state index in [1.54, 1.807) is 0 Å². The van der Waals surface area contributed by atoms with Gasteiger partial charge in [0.2, 0.25) is 21.8 Å². The zero-order chi connectivity index (χ0) is 23.6. The molecule has 1 aromatic rings. The molecule has 2 atom stereocenters. The third-order valence-corrected chi connectivity index (χ3v) is 4.84. The molecule has 0 radical (unpaired) electrons. The van der Waals surface area contributed by atoms with Crippen LogP contribution in [0.4, 0.5) is 0 Å². The fourth-order valence-corrected chi connectivity index (χ4v) is 2.88. The lowest BCUT2D eigenvalue weighted by Gasteiger charge is -2.21. The number of primary amides is 1. The van der Waals surface area contributed by atoms with Crippen molar-refractivity contribution >= 4 is 34.0 Å². The predicted molar refractivity (Wildman–Crippen MR) is 111 cm³/mol. The van der Waals surface area contributed by atoms with Gasteiger partial charge in [-0.3, -0.25) is 14.4 Å². The summed E-state index contributed by atoms with van der Waals surface area (Å²) in [5, 5.41) is 22.4. The quantitative estimate of drug-likeness (QED) is 0.182. The van der Waals surface area contributed by atoms with Crippen molar-refractivity contribution in [3.05, 3.63) is 29.8 Å². The molecule has 0 bridgehead atoms. The Morgan fingerprint density at radius 2 is 1.77 bits per heavy atom. The van der Waals surface area contributed by atoms with Crippen LogP contribution in [0.1, 0.15) is 25.8 Å². The van der Waals surface area contributed by atoms with Gasteiger partial charge in [0.05, 0.1) is 11.5 Å². The Bertz CT molecular complexity index is 900. The second-order valence-corrected chi connectivity index (χ2v) is 8.60. The molecule has 0 aliphatic carbocycles. The van der Waals surface area contributed by atoms with Crippen LogP contribution in [0.25, 0.3) is 0 Å². The summed E-state index contributed by atoms with van der Waals surface area (Å²) in [6.45, 7) is 2.92. The average Bonchev–Trinajstić information content (AvgIpc) is 2.68. The van der Waals surface area contributed by atoms with E-state index in [1.165, 1.54) is 24.3 Å². The Morgan fingerprint density at radius 1 is 1.16 bits per heavy atom. The molecule has 1 aromatic carbocycles. The molecule has 31 heavy (non-hydrogen) atoms. The number of benzene rings is 1. The highest BCUT2D eigenvalue weighted by Gasteiger charge is 2.25. The SMILES string of the molecule is CC(C)C[C@H](NC(=O)[C@H](CO)NC(=O)/C=N/OCc1ccc(S(N)(=O)=O)cc1)C(N)=O. The lowest BCUT2D eigenvalue weighted by atomic mass is 10.0. The van der Waals surface area contributed by atoms with Gasteiger partial charge in [0.15, 0.2) is 0 Å². The molecule has 13 heteroatoms. The first-order valence-electron chi connectivity index (χ1n) is 9.22. The second-order valence-electron chi connectivity index (χ2n) is 7.03. The van der Waals surface area contributed by atoms with Crippen LogP contribution < -0.4 is 21.5 Å². The molecule has 172 valence electrons. The molecule has 0 aliphatic rings. The highest BCUT2D eigenvalue weighted by molar-refractivity contribution is 7.89. The third kappa shape index (κ3) is 9.55. The Labute approximate surface area is 180 Å². The minimum atomic E-state index is -3.80. The molecule has 0 heterocycles. The van der Waals surface area contributed by atoms with Gasteiger partial charge in [-0.25, -0.2) is 13.6 Å². The van der Waals surface area contributed by atoms with E-state index in [0.29, 0.717) is 12.0 Å². The fourth-order valence-electron chi connectivity index (χ4n) is 2.37. The number of hydrogen-bond acceptors (Lipinski definition) is 8. The largest absolute Gasteiger partial charge is 0.394 e. The molecular weight excluding hydrogens is 430 g/mol. The number of rotatable bonds is 12. The van der Waals surface area contributed by atoms with Crippen molar-refractivity contribution in [1.29, 1.82) is 0 Å². The summed E-state index contributed by atoms with van der Waals surface area (Å²) < 4.78 is 22.4. The first-order chi connectivity index (χ1) is 14.4. The molecular formula is C18H27N5O7S. The minimum Gasteiger partial charge on any atom is -0.394 e. The van der Waals surface area contributed by atoms with Crippen molar-refractivity contribution in [1.82, 2.24) is 10.6 Å². The van der Waals surface area contributed by atoms with Gasteiger partial charge in [-0.15, -0.1) is 0 Å². The van der Waals surface area contributed by atoms with Crippen LogP contribution in [0.15, 0.2) is 34.3 Å². The number of carbonyl (C=O) groups is 3. The number of primary sulfonamides is 1. The van der Waals surface area contributed by atoms with E-state index in [0.717, 1.165) is 6.21 Å². The molecule has 7 N–H and O–H groups in total. The van der Waals surface area contributed by atoms with Gasteiger partial charge in [0.25, 0.3) is 5.91 Å². The van der Waals surface area contributed by atoms with Gasteiger partial charge >= 0.3 is 0 Å². The Morgan fingerprint density at radius 3 is 2.26 bits per heavy atom. The van der Waals surface area contributed by atoms with Gasteiger partial charge in [-0.1, -0.05) is 31.1 Å². The number of hydrogen-bond donors (Lipinski definition) is 5. The summed E-state index contributed by atoms with van der Waals surface area (Å²) in [4.78, 5) is 40.4. The van der Waals surface area contributed by atoms with Gasteiger partial charge in [-0.05, 0) is 30.0 Å². The summed E-state index contributed by atoms with van der Waals surface area (Å²) in [6.07, 6.45) is 1.06. The normalized spacial score (nSPS) is 13.6. The summed E-state index contributed by atoms with van der Waals surface area (Å²) >= 11 is 0. The van der Waals surface area contributed by atoms with Crippen molar-refractivity contribution in [2.75, 3.05) is 6.61 Å². The van der Waals surface area contributed by atoms with Gasteiger partial charge in [0, 0.05) is 0 Å². The third-order valence-electron chi connectivity index (χ3n) is 3.91. The number of nitrogens with two attached hydrogens (primary N) is 2. The summed E-state index contributed by atoms with van der Waals surface area (Å²) in [7, 11) is -3.80. The predicted octanol–water partition coefficient (Wildman–Crippen LogP) is -1.67. The Balaban J connectivity index is 2.55. The first-order valence-corrected chi connectivity index (χ1v) is 10.8. The molecule has 0 aromatic heterocycles. The van der Waals surface area contributed by atoms with E-state index in [-0.39, 0.29) is 17.4 Å². The summed E-state index contributed by atoms with van der Waals surface area (Å²) in [5.41, 5.74) is 5.83. The lowest BCUT2D eigenvalue weighted by molar-refractivity contribution is -0.131. The molecule has 0 saturated heterocycles. The van der Waals surface area contributed by atoms with Crippen molar-refractivity contribution < 1.29 is 32.7 Å². The zero-order valence-electron chi connectivity index (χ0n) is 17.1. The van der Waals surface area contributed by atoms with Crippen molar-refractivity contribution in [2.45, 2.75) is 43.9 Å². The highest BCUT2D eigenvalue weighted by atomic mass is 32.2. The number of nitrogens with zero attached hydrogens (tertiary/aromatic N) is 1. The van der Waals surface area contributed by atoms with E-state index in [4.69, 9.17) is 15.7 Å². The first kappa shape index (κ1) is 26.0. The average molecular weight is 458 g/mol. The second kappa shape index (κ2) is 12.0. The van der Waals surface area contributed by atoms with E-state index in [2.05, 4.69) is 15.8 Å². The number of aliphatic hydroxyl groups excluding tert-OH is 1. The maximum Gasteiger partial charge on any atom is 0.266 e. The maximum absolute atomic E-state index is 12.2. The maximum atomic E-state index is 12.2. The number of sulfonamides is 1. The van der Waals surface area contributed by atoms with E-state index >= 15 is 0 Å². The molecule has 0 spiro atoms. The molecule has 1 rings (SSSR count). The van der Waals surface area contributed by atoms with Crippen molar-refractivity contribution in [3.63, 3.8) is 0 Å². The fraction of sp³-hybridized carbons (Fsp3) is 0.444. The summed E-state index contributed by atoms with van der Waals surface area (Å²) in [5.74, 6) is -2.24. The smallest absolute Gasteiger partial charge is 0.266 e. The van der Waals surface area contributed by atoms with Crippen LogP contribution in [0.2, 0.25) is 0 Å². The number of nitrogens with one attached hydrogen (secondary N) is 2. The van der Waals surface area contributed by atoms with E-state index in [9.17, 15) is 27.9 Å². The van der Waals surface area contributed by atoms with E-state index < -0.39 is 46.4 Å².